The van der Waals surface area contributed by atoms with Crippen LogP contribution in [0.1, 0.15) is 138 Å². The second kappa shape index (κ2) is 23.2. The van der Waals surface area contributed by atoms with Crippen LogP contribution in [0.3, 0.4) is 0 Å². The van der Waals surface area contributed by atoms with Crippen LogP contribution in [0.25, 0.3) is 16.8 Å². The molecule has 14 nitrogen and oxygen atoms in total. The van der Waals surface area contributed by atoms with Crippen LogP contribution in [0.2, 0.25) is 0 Å². The van der Waals surface area contributed by atoms with E-state index in [9.17, 15) is 29.1 Å². The number of hydrogen-bond donors (Lipinski definition) is 4. The maximum absolute atomic E-state index is 14.1. The van der Waals surface area contributed by atoms with Crippen molar-refractivity contribution in [2.45, 2.75) is 131 Å². The number of ether oxygens (including phenoxy) is 1. The first-order valence-electron chi connectivity index (χ1n) is 27.3. The number of aromatic nitrogens is 2. The Kier molecular flexibility index (Phi) is 16.4. The maximum atomic E-state index is 14.1. The summed E-state index contributed by atoms with van der Waals surface area (Å²) in [5.74, 6) is -1.24. The van der Waals surface area contributed by atoms with Crippen molar-refractivity contribution in [2.24, 2.45) is 16.3 Å². The Hall–Kier alpha value is -7.55. The van der Waals surface area contributed by atoms with E-state index < -0.39 is 47.4 Å². The molecule has 9 rings (SSSR count). The van der Waals surface area contributed by atoms with Crippen LogP contribution in [0.5, 0.6) is 0 Å². The molecule has 0 radical (unpaired) electrons. The van der Waals surface area contributed by atoms with Crippen LogP contribution in [0, 0.1) is 25.2 Å². The van der Waals surface area contributed by atoms with Gasteiger partial charge in [0.05, 0.1) is 24.3 Å². The van der Waals surface area contributed by atoms with Crippen molar-refractivity contribution in [2.75, 3.05) is 19.8 Å². The Morgan fingerprint density at radius 1 is 0.872 bits per heavy atom. The minimum atomic E-state index is -1.00. The smallest absolute Gasteiger partial charge is 0.246 e. The highest BCUT2D eigenvalue weighted by Crippen LogP contribution is 2.43. The molecule has 4 unspecified atom stereocenters. The number of benzene rings is 3. The zero-order chi connectivity index (χ0) is 55.6. The SMILES string of the molecule is CC1=C(c2ccc(CNC(=O)[C@@H]3CC(O)CN3C(=O)[C@@H](NC(=O)COCCC3C=CC(c4ccc(C(C)NC(=O)CC5N=C(c6ccc(C)cc6)C6=C(CC(C)=C6C)n6c(C)cnc65)cc4)=CC3=O)C(C)(C)C)cc2)CC=C1. The van der Waals surface area contributed by atoms with Gasteiger partial charge in [-0.1, -0.05) is 129 Å². The fourth-order valence-corrected chi connectivity index (χ4v) is 11.1. The number of β-amino-alcohol motifs (C(OH)–C–C–N with tert-alkyl or cyclic N) is 1. The van der Waals surface area contributed by atoms with E-state index in [4.69, 9.17) is 14.7 Å². The van der Waals surface area contributed by atoms with Gasteiger partial charge in [-0.15, -0.1) is 0 Å². The first kappa shape index (κ1) is 55.2. The summed E-state index contributed by atoms with van der Waals surface area (Å²) in [6, 6.07) is 21.6. The number of ketones is 1. The molecule has 5 aliphatic rings. The lowest BCUT2D eigenvalue weighted by Gasteiger charge is -2.35. The van der Waals surface area contributed by atoms with Crippen LogP contribution < -0.4 is 16.0 Å². The predicted molar refractivity (Wildman–Crippen MR) is 304 cm³/mol. The van der Waals surface area contributed by atoms with Gasteiger partial charge < -0.3 is 35.3 Å². The molecule has 6 atom stereocenters. The van der Waals surface area contributed by atoms with Gasteiger partial charge in [0.15, 0.2) is 5.78 Å². The number of nitrogens with zero attached hydrogens (tertiary/aromatic N) is 4. The summed E-state index contributed by atoms with van der Waals surface area (Å²) in [5, 5.41) is 19.6. The summed E-state index contributed by atoms with van der Waals surface area (Å²) < 4.78 is 7.95. The third-order valence-electron chi connectivity index (χ3n) is 15.8. The third-order valence-corrected chi connectivity index (χ3v) is 15.8. The van der Waals surface area contributed by atoms with E-state index in [0.717, 1.165) is 80.3 Å². The molecule has 78 heavy (non-hydrogen) atoms. The third kappa shape index (κ3) is 12.1. The highest BCUT2D eigenvalue weighted by atomic mass is 16.5. The number of carbonyl (C=O) groups is 5. The summed E-state index contributed by atoms with van der Waals surface area (Å²) in [6.45, 7) is 18.0. The van der Waals surface area contributed by atoms with Gasteiger partial charge >= 0.3 is 0 Å². The average molecular weight is 1050 g/mol. The van der Waals surface area contributed by atoms with E-state index in [0.29, 0.717) is 6.42 Å². The van der Waals surface area contributed by atoms with Gasteiger partial charge in [0, 0.05) is 67.2 Å². The molecule has 406 valence electrons. The van der Waals surface area contributed by atoms with Gasteiger partial charge in [0.2, 0.25) is 23.6 Å². The highest BCUT2D eigenvalue weighted by molar-refractivity contribution is 6.19. The fraction of sp³-hybridized carbons (Fsp3) is 0.391. The van der Waals surface area contributed by atoms with Crippen molar-refractivity contribution in [3.63, 3.8) is 0 Å². The van der Waals surface area contributed by atoms with Crippen molar-refractivity contribution in [3.05, 3.63) is 177 Å². The molecule has 3 heterocycles. The van der Waals surface area contributed by atoms with E-state index in [1.807, 2.05) is 101 Å². The van der Waals surface area contributed by atoms with Gasteiger partial charge in [0.1, 0.15) is 30.6 Å². The first-order valence-corrected chi connectivity index (χ1v) is 27.3. The number of amides is 4. The molecule has 4 N–H and O–H groups in total. The molecular weight excluding hydrogens is 979 g/mol. The zero-order valence-corrected chi connectivity index (χ0v) is 46.4. The van der Waals surface area contributed by atoms with Crippen molar-refractivity contribution in [3.8, 4) is 0 Å². The molecular formula is C64H73N7O7. The van der Waals surface area contributed by atoms with Crippen molar-refractivity contribution in [1.29, 1.82) is 0 Å². The largest absolute Gasteiger partial charge is 0.391 e. The van der Waals surface area contributed by atoms with Crippen LogP contribution in [-0.2, 0) is 35.3 Å². The van der Waals surface area contributed by atoms with E-state index in [2.05, 4.69) is 84.6 Å². The summed E-state index contributed by atoms with van der Waals surface area (Å²) in [5.41, 5.74) is 15.2. The standard InChI is InChI=1S/C64H73N7O7/c1-37-13-17-48(18-14-37)59-58-41(5)39(3)29-53(58)71-40(4)33-65-61(71)52(68-59)32-56(74)67-42(6)44-21-23-45(24-22-44)49-26-25-47(55(73)30-49)27-28-78-36-57(75)69-60(64(7,8)9)63(77)70-35-50(72)31-54(70)62(76)66-34-43-15-19-46(20-16-43)51-12-10-11-38(51)2/h10-11,13-26,30,33,42,47,50,52,54,60,72H,12,27-29,31-32,34-36H2,1-9H3,(H,66,76)(H,67,74)(H,69,75)/t42?,47?,50?,52?,54-,60+/m0/s1. The number of allylic oxidation sites excluding steroid dienone is 12. The van der Waals surface area contributed by atoms with Gasteiger partial charge in [-0.25, -0.2) is 4.98 Å². The normalized spacial score (nSPS) is 20.8. The molecule has 4 amide bonds. The van der Waals surface area contributed by atoms with Gasteiger partial charge in [-0.2, -0.15) is 0 Å². The molecule has 1 saturated heterocycles. The van der Waals surface area contributed by atoms with Gasteiger partial charge in [-0.3, -0.25) is 29.0 Å². The Labute approximate surface area is 458 Å². The second-order valence-electron chi connectivity index (χ2n) is 22.7. The van der Waals surface area contributed by atoms with Crippen molar-refractivity contribution in [1.82, 2.24) is 30.4 Å². The predicted octanol–water partition coefficient (Wildman–Crippen LogP) is 9.35. The summed E-state index contributed by atoms with van der Waals surface area (Å²) in [6.07, 6.45) is 12.9. The number of aryl methyl sites for hydroxylation is 2. The van der Waals surface area contributed by atoms with Gasteiger partial charge in [0.25, 0.3) is 0 Å². The van der Waals surface area contributed by atoms with E-state index >= 15 is 0 Å². The van der Waals surface area contributed by atoms with Crippen LogP contribution in [0.4, 0.5) is 0 Å². The molecule has 14 heteroatoms. The number of rotatable bonds is 17. The highest BCUT2D eigenvalue weighted by Gasteiger charge is 2.44. The maximum Gasteiger partial charge on any atom is 0.246 e. The van der Waals surface area contributed by atoms with E-state index in [-0.39, 0.29) is 62.8 Å². The minimum Gasteiger partial charge on any atom is -0.391 e. The number of fused-ring (bicyclic) bond motifs is 2. The quantitative estimate of drug-likeness (QED) is 0.0754. The summed E-state index contributed by atoms with van der Waals surface area (Å²) >= 11 is 0. The van der Waals surface area contributed by atoms with Crippen molar-refractivity contribution < 1.29 is 33.8 Å². The Morgan fingerprint density at radius 3 is 2.26 bits per heavy atom. The molecule has 4 aromatic rings. The summed E-state index contributed by atoms with van der Waals surface area (Å²) in [7, 11) is 0. The number of imidazole rings is 1. The molecule has 0 spiro atoms. The molecule has 1 aromatic heterocycles. The fourth-order valence-electron chi connectivity index (χ4n) is 11.1. The first-order chi connectivity index (χ1) is 37.2. The van der Waals surface area contributed by atoms with E-state index in [1.54, 1.807) is 6.08 Å². The Bertz CT molecular complexity index is 3230. The number of nitrogens with one attached hydrogen (secondary N) is 3. The lowest BCUT2D eigenvalue weighted by atomic mass is 9.85. The molecule has 0 bridgehead atoms. The van der Waals surface area contributed by atoms with Gasteiger partial charge in [-0.05, 0) is 110 Å². The number of aliphatic imine (C=N–C) groups is 1. The summed E-state index contributed by atoms with van der Waals surface area (Å²) in [4.78, 5) is 79.8. The van der Waals surface area contributed by atoms with E-state index in [1.165, 1.54) is 27.2 Å². The van der Waals surface area contributed by atoms with Crippen LogP contribution >= 0.6 is 0 Å². The zero-order valence-electron chi connectivity index (χ0n) is 46.4. The Balaban J connectivity index is 0.742. The number of carbonyl (C=O) groups excluding carboxylic acids is 5. The molecule has 3 aromatic carbocycles. The van der Waals surface area contributed by atoms with Crippen molar-refractivity contribution >= 4 is 52.0 Å². The average Bonchev–Trinajstić information content (AvgIpc) is 4.34. The molecule has 0 saturated carbocycles. The number of aliphatic hydroxyl groups excluding tert-OH is 1. The number of hydrogen-bond acceptors (Lipinski definition) is 9. The number of likely N-dealkylation sites (tertiary alicyclic amines) is 1. The second-order valence-corrected chi connectivity index (χ2v) is 22.7. The molecule has 2 aliphatic heterocycles. The van der Waals surface area contributed by atoms with Crippen LogP contribution in [0.15, 0.2) is 137 Å². The Morgan fingerprint density at radius 2 is 1.58 bits per heavy atom. The monoisotopic (exact) mass is 1050 g/mol. The number of aliphatic hydroxyl groups is 1. The lowest BCUT2D eigenvalue weighted by Crippen LogP contribution is -2.58. The lowest BCUT2D eigenvalue weighted by molar-refractivity contribution is -0.144. The van der Waals surface area contributed by atoms with Crippen LogP contribution in [-0.4, -0.2) is 92.6 Å². The molecule has 1 fully saturated rings. The molecule has 3 aliphatic carbocycles. The minimum absolute atomic E-state index is 0.0311. The topological polar surface area (TPSA) is 184 Å².